The molecule has 1 unspecified atom stereocenters. The molecule has 3 fully saturated rings. The Morgan fingerprint density at radius 1 is 1.11 bits per heavy atom. The van der Waals surface area contributed by atoms with Gasteiger partial charge in [-0.3, -0.25) is 14.4 Å². The normalized spacial score (nSPS) is 20.9. The van der Waals surface area contributed by atoms with Gasteiger partial charge in [0.05, 0.1) is 12.1 Å². The molecule has 0 bridgehead atoms. The van der Waals surface area contributed by atoms with Gasteiger partial charge in [0.1, 0.15) is 16.7 Å². The number of H-pyrrole nitrogens is 1. The summed E-state index contributed by atoms with van der Waals surface area (Å²) in [4.78, 5) is 43.3. The van der Waals surface area contributed by atoms with Gasteiger partial charge in [0, 0.05) is 50.6 Å². The van der Waals surface area contributed by atoms with E-state index in [-0.39, 0.29) is 16.9 Å². The standard InChI is InChI=1S/C26H29N9O3/c1-27-16-33-10-12-35(13-11-33)25-30-20-15-28-32-23(36)21(20)22(31-25)29-17-2-4-18(5-3-17)34-8-6-26(7-9-34)14-19(26)24(37)38/h2-5,15,19H,6-14,16H2,(H,32,36)(H,37,38)(H,29,30,31). The number of hydrogen-bond donors (Lipinski definition) is 3. The van der Waals surface area contributed by atoms with Crippen molar-refractivity contribution < 1.29 is 9.90 Å². The van der Waals surface area contributed by atoms with Gasteiger partial charge in [0.15, 0.2) is 0 Å². The number of carbonyl (C=O) groups is 1. The molecule has 196 valence electrons. The van der Waals surface area contributed by atoms with E-state index in [1.54, 1.807) is 0 Å². The molecule has 2 aromatic heterocycles. The average molecular weight is 516 g/mol. The van der Waals surface area contributed by atoms with Crippen LogP contribution in [0.5, 0.6) is 0 Å². The van der Waals surface area contributed by atoms with Gasteiger partial charge in [0.25, 0.3) is 12.2 Å². The van der Waals surface area contributed by atoms with Gasteiger partial charge >= 0.3 is 5.97 Å². The number of nitrogens with zero attached hydrogens (tertiary/aromatic N) is 7. The number of piperazine rings is 1. The molecule has 1 saturated carbocycles. The summed E-state index contributed by atoms with van der Waals surface area (Å²) in [6, 6.07) is 8.00. The molecular formula is C26H29N9O3. The first-order chi connectivity index (χ1) is 18.5. The molecule has 1 aromatic carbocycles. The van der Waals surface area contributed by atoms with E-state index < -0.39 is 5.97 Å². The quantitative estimate of drug-likeness (QED) is 0.419. The molecule has 3 aliphatic rings. The molecule has 3 aromatic rings. The van der Waals surface area contributed by atoms with Crippen molar-refractivity contribution in [2.75, 3.05) is 61.1 Å². The Bertz CT molecular complexity index is 1450. The van der Waals surface area contributed by atoms with Crippen LogP contribution < -0.4 is 20.7 Å². The predicted molar refractivity (Wildman–Crippen MR) is 143 cm³/mol. The molecule has 6 rings (SSSR count). The molecule has 3 N–H and O–H groups in total. The van der Waals surface area contributed by atoms with E-state index in [2.05, 4.69) is 40.0 Å². The van der Waals surface area contributed by atoms with E-state index >= 15 is 0 Å². The number of anilines is 4. The maximum absolute atomic E-state index is 12.6. The topological polar surface area (TPSA) is 135 Å². The van der Waals surface area contributed by atoms with Crippen molar-refractivity contribution in [2.24, 2.45) is 11.3 Å². The third-order valence-corrected chi connectivity index (χ3v) is 8.17. The second kappa shape index (κ2) is 9.57. The number of benzene rings is 1. The van der Waals surface area contributed by atoms with E-state index in [1.165, 1.54) is 6.20 Å². The molecule has 1 aliphatic carbocycles. The summed E-state index contributed by atoms with van der Waals surface area (Å²) in [7, 11) is 0. The fraction of sp³-hybridized carbons (Fsp3) is 0.462. The van der Waals surface area contributed by atoms with Crippen molar-refractivity contribution in [1.29, 1.82) is 0 Å². The number of hydrogen-bond acceptors (Lipinski definition) is 9. The Labute approximate surface area is 219 Å². The van der Waals surface area contributed by atoms with Crippen LogP contribution in [-0.4, -0.2) is 82.1 Å². The van der Waals surface area contributed by atoms with Crippen molar-refractivity contribution in [3.05, 3.63) is 52.2 Å². The Balaban J connectivity index is 1.19. The number of fused-ring (bicyclic) bond motifs is 1. The van der Waals surface area contributed by atoms with Crippen LogP contribution in [0.2, 0.25) is 0 Å². The number of aromatic nitrogens is 4. The van der Waals surface area contributed by atoms with Crippen molar-refractivity contribution in [1.82, 2.24) is 25.1 Å². The van der Waals surface area contributed by atoms with E-state index in [0.717, 1.165) is 56.8 Å². The fourth-order valence-corrected chi connectivity index (χ4v) is 5.76. The number of aliphatic carboxylic acids is 1. The van der Waals surface area contributed by atoms with E-state index in [0.29, 0.717) is 42.4 Å². The van der Waals surface area contributed by atoms with Gasteiger partial charge in [-0.1, -0.05) is 0 Å². The maximum atomic E-state index is 12.6. The lowest BCUT2D eigenvalue weighted by atomic mass is 9.90. The Morgan fingerprint density at radius 2 is 1.84 bits per heavy atom. The minimum absolute atomic E-state index is 0.00111. The molecule has 38 heavy (non-hydrogen) atoms. The van der Waals surface area contributed by atoms with Gasteiger partial charge in [-0.05, 0) is 48.9 Å². The van der Waals surface area contributed by atoms with Gasteiger partial charge < -0.3 is 20.2 Å². The highest BCUT2D eigenvalue weighted by atomic mass is 16.4. The summed E-state index contributed by atoms with van der Waals surface area (Å²) >= 11 is 0. The summed E-state index contributed by atoms with van der Waals surface area (Å²) in [5.74, 6) is 0.0999. The van der Waals surface area contributed by atoms with Crippen LogP contribution in [-0.2, 0) is 4.79 Å². The largest absolute Gasteiger partial charge is 0.481 e. The first kappa shape index (κ1) is 24.1. The molecule has 4 heterocycles. The first-order valence-corrected chi connectivity index (χ1v) is 12.9. The van der Waals surface area contributed by atoms with Crippen LogP contribution in [0.25, 0.3) is 15.7 Å². The molecule has 1 atom stereocenters. The predicted octanol–water partition coefficient (Wildman–Crippen LogP) is 2.15. The molecule has 1 spiro atoms. The van der Waals surface area contributed by atoms with E-state index in [1.807, 2.05) is 24.3 Å². The van der Waals surface area contributed by atoms with E-state index in [9.17, 15) is 14.7 Å². The molecule has 12 heteroatoms. The third kappa shape index (κ3) is 4.50. The Hall–Kier alpha value is -4.24. The maximum Gasteiger partial charge on any atom is 0.307 e. The van der Waals surface area contributed by atoms with Crippen molar-refractivity contribution in [3.63, 3.8) is 0 Å². The highest BCUT2D eigenvalue weighted by Crippen LogP contribution is 2.59. The number of carboxylic acids is 1. The summed E-state index contributed by atoms with van der Waals surface area (Å²) in [6.45, 7) is 12.0. The second-order valence-corrected chi connectivity index (χ2v) is 10.4. The highest BCUT2D eigenvalue weighted by molar-refractivity contribution is 5.90. The SMILES string of the molecule is [C-]#[N+]CN1CCN(c2nc(Nc3ccc(N4CCC5(CC4)CC5C(=O)O)cc3)c3c(=O)[nH]ncc3n2)CC1. The monoisotopic (exact) mass is 515 g/mol. The second-order valence-electron chi connectivity index (χ2n) is 10.4. The molecular weight excluding hydrogens is 486 g/mol. The van der Waals surface area contributed by atoms with Crippen LogP contribution in [0.15, 0.2) is 35.3 Å². The summed E-state index contributed by atoms with van der Waals surface area (Å²) in [5.41, 5.74) is 1.98. The lowest BCUT2D eigenvalue weighted by molar-refractivity contribution is -0.139. The molecule has 0 radical (unpaired) electrons. The Morgan fingerprint density at radius 3 is 2.50 bits per heavy atom. The zero-order valence-electron chi connectivity index (χ0n) is 20.9. The van der Waals surface area contributed by atoms with Gasteiger partial charge in [-0.2, -0.15) is 10.1 Å². The lowest BCUT2D eigenvalue weighted by Crippen LogP contribution is -2.46. The minimum Gasteiger partial charge on any atom is -0.481 e. The number of nitrogens with one attached hydrogen (secondary N) is 2. The summed E-state index contributed by atoms with van der Waals surface area (Å²) < 4.78 is 0. The number of rotatable bonds is 6. The lowest BCUT2D eigenvalue weighted by Gasteiger charge is -2.34. The minimum atomic E-state index is -0.661. The molecule has 2 aliphatic heterocycles. The third-order valence-electron chi connectivity index (χ3n) is 8.17. The average Bonchev–Trinajstić information content (AvgIpc) is 3.63. The Kier molecular flexibility index (Phi) is 6.07. The molecule has 2 saturated heterocycles. The first-order valence-electron chi connectivity index (χ1n) is 12.9. The zero-order valence-corrected chi connectivity index (χ0v) is 20.9. The number of aromatic amines is 1. The number of carboxylic acid groups (broad SMARTS) is 1. The summed E-state index contributed by atoms with van der Waals surface area (Å²) in [5, 5.41) is 19.4. The van der Waals surface area contributed by atoms with Crippen molar-refractivity contribution in [3.8, 4) is 0 Å². The van der Waals surface area contributed by atoms with Gasteiger partial charge in [0.2, 0.25) is 5.95 Å². The van der Waals surface area contributed by atoms with E-state index in [4.69, 9.17) is 11.6 Å². The van der Waals surface area contributed by atoms with Crippen LogP contribution in [0.1, 0.15) is 19.3 Å². The van der Waals surface area contributed by atoms with Crippen LogP contribution >= 0.6 is 0 Å². The smallest absolute Gasteiger partial charge is 0.307 e. The van der Waals surface area contributed by atoms with Gasteiger partial charge in [-0.15, -0.1) is 0 Å². The summed E-state index contributed by atoms with van der Waals surface area (Å²) in [6.07, 6.45) is 4.15. The van der Waals surface area contributed by atoms with Crippen LogP contribution in [0.4, 0.5) is 23.1 Å². The molecule has 12 nitrogen and oxygen atoms in total. The van der Waals surface area contributed by atoms with Gasteiger partial charge in [-0.25, -0.2) is 21.6 Å². The zero-order chi connectivity index (χ0) is 26.3. The number of piperidine rings is 1. The van der Waals surface area contributed by atoms with Crippen molar-refractivity contribution >= 4 is 40.0 Å². The fourth-order valence-electron chi connectivity index (χ4n) is 5.76. The van der Waals surface area contributed by atoms with Crippen LogP contribution in [0.3, 0.4) is 0 Å². The van der Waals surface area contributed by atoms with Crippen molar-refractivity contribution in [2.45, 2.75) is 19.3 Å². The van der Waals surface area contributed by atoms with Crippen LogP contribution in [0, 0.1) is 17.9 Å². The molecule has 0 amide bonds. The highest BCUT2D eigenvalue weighted by Gasteiger charge is 2.58.